The number of hydrogen-bond donors (Lipinski definition) is 0. The molecule has 2 amide bonds. The van der Waals surface area contributed by atoms with Gasteiger partial charge in [-0.2, -0.15) is 0 Å². The van der Waals surface area contributed by atoms with E-state index in [0.717, 1.165) is 6.04 Å². The molecule has 1 aromatic carbocycles. The minimum Gasteiger partial charge on any atom is -0.444 e. The third-order valence-corrected chi connectivity index (χ3v) is 11.1. The molecule has 0 bridgehead atoms. The Morgan fingerprint density at radius 1 is 0.946 bits per heavy atom. The van der Waals surface area contributed by atoms with Crippen molar-refractivity contribution in [1.29, 1.82) is 0 Å². The summed E-state index contributed by atoms with van der Waals surface area (Å²) in [7, 11) is -1.33. The highest BCUT2D eigenvalue weighted by Gasteiger charge is 2.36. The Morgan fingerprint density at radius 2 is 1.62 bits per heavy atom. The van der Waals surface area contributed by atoms with Gasteiger partial charge in [0, 0.05) is 63.5 Å². The molecule has 12 nitrogen and oxygen atoms in total. The minimum atomic E-state index is -1.33. The fourth-order valence-electron chi connectivity index (χ4n) is 6.62. The van der Waals surface area contributed by atoms with E-state index in [-0.39, 0.29) is 30.5 Å². The molecule has 1 aliphatic rings. The molecule has 1 saturated heterocycles. The zero-order valence-electron chi connectivity index (χ0n) is 34.7. The lowest BCUT2D eigenvalue weighted by atomic mass is 10.1. The number of imidazole rings is 1. The first-order valence-electron chi connectivity index (χ1n) is 19.2. The second-order valence-electron chi connectivity index (χ2n) is 17.8. The number of amides is 2. The average Bonchev–Trinajstić information content (AvgIpc) is 3.48. The maximum Gasteiger partial charge on any atom is 0.414 e. The highest BCUT2D eigenvalue weighted by molar-refractivity contribution is 6.76. The van der Waals surface area contributed by atoms with Crippen molar-refractivity contribution in [2.75, 3.05) is 37.7 Å². The van der Waals surface area contributed by atoms with Gasteiger partial charge in [-0.25, -0.2) is 23.9 Å². The Balaban J connectivity index is 1.46. The van der Waals surface area contributed by atoms with Crippen LogP contribution in [0.25, 0.3) is 33.7 Å². The number of carbonyl (C=O) groups is 2. The van der Waals surface area contributed by atoms with Gasteiger partial charge in [0.25, 0.3) is 0 Å². The average molecular weight is 810 g/mol. The van der Waals surface area contributed by atoms with Gasteiger partial charge in [0.05, 0.1) is 40.6 Å². The number of nitrogens with zero attached hydrogens (tertiary/aromatic N) is 7. The van der Waals surface area contributed by atoms with E-state index < -0.39 is 31.2 Å². The summed E-state index contributed by atoms with van der Waals surface area (Å²) in [6, 6.07) is 10.6. The molecule has 56 heavy (non-hydrogen) atoms. The lowest BCUT2D eigenvalue weighted by molar-refractivity contribution is -0.0145. The van der Waals surface area contributed by atoms with Gasteiger partial charge in [-0.3, -0.25) is 14.8 Å². The lowest BCUT2D eigenvalue weighted by Crippen LogP contribution is -2.60. The molecule has 4 aromatic rings. The van der Waals surface area contributed by atoms with E-state index in [4.69, 9.17) is 30.8 Å². The number of hydrogen-bond acceptors (Lipinski definition) is 9. The lowest BCUT2D eigenvalue weighted by Gasteiger charge is -2.44. The summed E-state index contributed by atoms with van der Waals surface area (Å²) in [5.74, 6) is -0.465. The van der Waals surface area contributed by atoms with Gasteiger partial charge in [0.2, 0.25) is 0 Å². The van der Waals surface area contributed by atoms with Crippen LogP contribution in [-0.2, 0) is 20.9 Å². The first kappa shape index (κ1) is 43.0. The molecule has 0 spiro atoms. The van der Waals surface area contributed by atoms with Crippen molar-refractivity contribution in [3.05, 3.63) is 59.8 Å². The third kappa shape index (κ3) is 11.3. The Morgan fingerprint density at radius 3 is 2.27 bits per heavy atom. The first-order chi connectivity index (χ1) is 26.1. The number of pyridine rings is 2. The second kappa shape index (κ2) is 17.2. The van der Waals surface area contributed by atoms with Crippen LogP contribution >= 0.6 is 11.6 Å². The molecule has 1 aliphatic heterocycles. The highest BCUT2D eigenvalue weighted by Crippen LogP contribution is 2.35. The standard InChI is InChI=1S/C41H57ClFN7O5Si/c1-27-23-47(24-28(2)50(27)39(52)55-41(6,7)8)16-17-49(38(51)54-40(3,4)5)30-21-35-33(44-22-30)14-15-34(46-35)37-36(31-20-29(42)12-13-32(31)43)45-25-48(37)26-53-18-19-56(9,10)11/h12-15,20-22,25,27-28H,16-19,23-24,26H2,1-11H3/t27-,28+. The van der Waals surface area contributed by atoms with E-state index in [9.17, 15) is 9.59 Å². The number of rotatable bonds is 11. The summed E-state index contributed by atoms with van der Waals surface area (Å²) in [6.45, 7) is 24.8. The maximum atomic E-state index is 15.3. The van der Waals surface area contributed by atoms with Crippen molar-refractivity contribution >= 4 is 48.6 Å². The predicted octanol–water partition coefficient (Wildman–Crippen LogP) is 9.34. The van der Waals surface area contributed by atoms with Crippen molar-refractivity contribution in [3.63, 3.8) is 0 Å². The van der Waals surface area contributed by atoms with Crippen LogP contribution in [-0.4, -0.2) is 106 Å². The molecule has 4 heterocycles. The maximum absolute atomic E-state index is 15.3. The van der Waals surface area contributed by atoms with Crippen LogP contribution in [0.2, 0.25) is 30.7 Å². The van der Waals surface area contributed by atoms with Crippen LogP contribution in [0.15, 0.2) is 48.9 Å². The molecule has 0 aliphatic carbocycles. The van der Waals surface area contributed by atoms with Gasteiger partial charge in [0.15, 0.2) is 0 Å². The fraction of sp³-hybridized carbons (Fsp3) is 0.537. The van der Waals surface area contributed by atoms with Gasteiger partial charge in [-0.15, -0.1) is 0 Å². The third-order valence-electron chi connectivity index (χ3n) is 9.18. The fourth-order valence-corrected chi connectivity index (χ4v) is 7.54. The number of carbonyl (C=O) groups excluding carboxylic acids is 2. The minimum absolute atomic E-state index is 0.0991. The van der Waals surface area contributed by atoms with E-state index >= 15 is 4.39 Å². The van der Waals surface area contributed by atoms with E-state index in [2.05, 4.69) is 34.5 Å². The van der Waals surface area contributed by atoms with Crippen molar-refractivity contribution in [2.24, 2.45) is 0 Å². The zero-order chi connectivity index (χ0) is 41.2. The molecule has 1 fully saturated rings. The summed E-state index contributed by atoms with van der Waals surface area (Å²) in [5.41, 5.74) is 2.00. The molecular weight excluding hydrogens is 753 g/mol. The molecule has 3 aromatic heterocycles. The SMILES string of the molecule is C[C@@H]1CN(CCN(C(=O)OC(C)(C)C)c2cnc3ccc(-c4c(-c5cc(Cl)ccc5F)ncn4COCC[Si](C)(C)C)nc3c2)C[C@H](C)N1C(=O)OC(C)(C)C. The van der Waals surface area contributed by atoms with E-state index in [1.54, 1.807) is 28.4 Å². The number of ether oxygens (including phenoxy) is 3. The van der Waals surface area contributed by atoms with Gasteiger partial charge >= 0.3 is 12.2 Å². The molecular formula is C41H57ClFN7O5Si. The summed E-state index contributed by atoms with van der Waals surface area (Å²) in [4.78, 5) is 46.8. The Kier molecular flexibility index (Phi) is 13.2. The summed E-state index contributed by atoms with van der Waals surface area (Å²) >= 11 is 6.32. The number of halogens is 2. The first-order valence-corrected chi connectivity index (χ1v) is 23.3. The molecule has 304 valence electrons. The topological polar surface area (TPSA) is 115 Å². The highest BCUT2D eigenvalue weighted by atomic mass is 35.5. The smallest absolute Gasteiger partial charge is 0.414 e. The predicted molar refractivity (Wildman–Crippen MR) is 222 cm³/mol. The van der Waals surface area contributed by atoms with Gasteiger partial charge in [-0.1, -0.05) is 31.2 Å². The van der Waals surface area contributed by atoms with Crippen LogP contribution in [0.5, 0.6) is 0 Å². The van der Waals surface area contributed by atoms with E-state index in [1.165, 1.54) is 12.1 Å². The zero-order valence-corrected chi connectivity index (χ0v) is 36.4. The van der Waals surface area contributed by atoms with Gasteiger partial charge in [0.1, 0.15) is 29.4 Å². The molecule has 0 unspecified atom stereocenters. The van der Waals surface area contributed by atoms with E-state index in [1.807, 2.05) is 78.2 Å². The number of anilines is 1. The molecule has 0 N–H and O–H groups in total. The summed E-state index contributed by atoms with van der Waals surface area (Å²) < 4.78 is 34.8. The summed E-state index contributed by atoms with van der Waals surface area (Å²) in [5, 5.41) is 0.379. The number of fused-ring (bicyclic) bond motifs is 1. The number of aromatic nitrogens is 4. The van der Waals surface area contributed by atoms with Crippen LogP contribution < -0.4 is 4.90 Å². The number of benzene rings is 1. The second-order valence-corrected chi connectivity index (χ2v) is 23.8. The molecule has 0 radical (unpaired) electrons. The number of piperazine rings is 1. The van der Waals surface area contributed by atoms with Gasteiger partial charge < -0.3 is 23.7 Å². The largest absolute Gasteiger partial charge is 0.444 e. The van der Waals surface area contributed by atoms with Crippen LogP contribution in [0.1, 0.15) is 55.4 Å². The molecule has 2 atom stereocenters. The normalized spacial score (nSPS) is 17.0. The Hall–Kier alpha value is -4.11. The van der Waals surface area contributed by atoms with Crippen molar-refractivity contribution < 1.29 is 28.2 Å². The van der Waals surface area contributed by atoms with Crippen LogP contribution in [0.3, 0.4) is 0 Å². The monoisotopic (exact) mass is 809 g/mol. The van der Waals surface area contributed by atoms with Crippen molar-refractivity contribution in [1.82, 2.24) is 29.3 Å². The van der Waals surface area contributed by atoms with Crippen molar-refractivity contribution in [3.8, 4) is 22.6 Å². The molecule has 15 heteroatoms. The Bertz CT molecular complexity index is 2010. The van der Waals surface area contributed by atoms with Crippen molar-refractivity contribution in [2.45, 2.75) is 111 Å². The van der Waals surface area contributed by atoms with Crippen LogP contribution in [0.4, 0.5) is 19.7 Å². The van der Waals surface area contributed by atoms with Gasteiger partial charge in [-0.05, 0) is 97.8 Å². The molecule has 5 rings (SSSR count). The summed E-state index contributed by atoms with van der Waals surface area (Å²) in [6.07, 6.45) is 2.42. The van der Waals surface area contributed by atoms with Crippen LogP contribution in [0, 0.1) is 5.82 Å². The molecule has 0 saturated carbocycles. The quantitative estimate of drug-likeness (QED) is 0.108. The van der Waals surface area contributed by atoms with E-state index in [0.29, 0.717) is 71.6 Å². The Labute approximate surface area is 336 Å².